The highest BCUT2D eigenvalue weighted by Crippen LogP contribution is 2.14. The first-order valence-electron chi connectivity index (χ1n) is 8.52. The summed E-state index contributed by atoms with van der Waals surface area (Å²) in [5.74, 6) is -2.29. The van der Waals surface area contributed by atoms with Gasteiger partial charge in [0.2, 0.25) is 0 Å². The lowest BCUT2D eigenvalue weighted by Crippen LogP contribution is -2.22. The molecule has 0 fully saturated rings. The van der Waals surface area contributed by atoms with Crippen LogP contribution in [0.2, 0.25) is 0 Å². The van der Waals surface area contributed by atoms with Crippen molar-refractivity contribution in [3.8, 4) is 0 Å². The number of fused-ring (bicyclic) bond motifs is 1. The molecule has 0 aliphatic heterocycles. The molecular weight excluding hydrogens is 356 g/mol. The number of carbonyl (C=O) groups is 1. The Morgan fingerprint density at radius 3 is 2.74 bits per heavy atom. The van der Waals surface area contributed by atoms with E-state index in [4.69, 9.17) is 4.74 Å². The van der Waals surface area contributed by atoms with Gasteiger partial charge in [-0.3, -0.25) is 9.36 Å². The van der Waals surface area contributed by atoms with E-state index in [2.05, 4.69) is 10.3 Å². The van der Waals surface area contributed by atoms with Crippen LogP contribution in [0.15, 0.2) is 41.2 Å². The molecule has 0 bridgehead atoms. The van der Waals surface area contributed by atoms with Gasteiger partial charge in [0.25, 0.3) is 5.91 Å². The van der Waals surface area contributed by atoms with Crippen molar-refractivity contribution in [2.75, 3.05) is 13.2 Å². The van der Waals surface area contributed by atoms with E-state index in [1.807, 2.05) is 6.92 Å². The molecule has 8 heteroatoms. The molecule has 6 nitrogen and oxygen atoms in total. The standard InChI is InChI=1S/C19H19F2N3O3/c1-2-27-8-7-24-17-6-4-13(10-16(17)23-19(24)26)18(25)22-11-12-3-5-14(20)15(21)9-12/h3-6,9-10H,2,7-8,11H2,1H3,(H,22,25)(H,23,26). The zero-order valence-corrected chi connectivity index (χ0v) is 14.7. The summed E-state index contributed by atoms with van der Waals surface area (Å²) in [6.45, 7) is 3.33. The van der Waals surface area contributed by atoms with Crippen molar-refractivity contribution in [1.29, 1.82) is 0 Å². The third-order valence-corrected chi connectivity index (χ3v) is 4.14. The lowest BCUT2D eigenvalue weighted by molar-refractivity contribution is 0.0951. The predicted octanol–water partition coefficient (Wildman–Crippen LogP) is 2.57. The molecule has 27 heavy (non-hydrogen) atoms. The van der Waals surface area contributed by atoms with Crippen LogP contribution in [0.5, 0.6) is 0 Å². The number of benzene rings is 2. The van der Waals surface area contributed by atoms with Crippen LogP contribution < -0.4 is 11.0 Å². The van der Waals surface area contributed by atoms with Crippen molar-refractivity contribution in [2.45, 2.75) is 20.0 Å². The second-order valence-electron chi connectivity index (χ2n) is 5.94. The molecule has 2 N–H and O–H groups in total. The summed E-state index contributed by atoms with van der Waals surface area (Å²) in [5, 5.41) is 2.64. The first-order chi connectivity index (χ1) is 13.0. The smallest absolute Gasteiger partial charge is 0.326 e. The van der Waals surface area contributed by atoms with E-state index in [-0.39, 0.29) is 18.1 Å². The van der Waals surface area contributed by atoms with Crippen LogP contribution in [0.1, 0.15) is 22.8 Å². The van der Waals surface area contributed by atoms with Gasteiger partial charge in [0.15, 0.2) is 11.6 Å². The largest absolute Gasteiger partial charge is 0.380 e. The average molecular weight is 375 g/mol. The molecule has 2 aromatic carbocycles. The van der Waals surface area contributed by atoms with Crippen molar-refractivity contribution < 1.29 is 18.3 Å². The number of rotatable bonds is 7. The third kappa shape index (κ3) is 4.22. The molecule has 3 aromatic rings. The van der Waals surface area contributed by atoms with Gasteiger partial charge in [-0.1, -0.05) is 6.07 Å². The van der Waals surface area contributed by atoms with Gasteiger partial charge in [-0.2, -0.15) is 0 Å². The Balaban J connectivity index is 1.73. The Hall–Kier alpha value is -3.00. The molecule has 0 aliphatic rings. The number of carbonyl (C=O) groups excluding carboxylic acids is 1. The van der Waals surface area contributed by atoms with Crippen molar-refractivity contribution in [2.24, 2.45) is 0 Å². The van der Waals surface area contributed by atoms with E-state index in [9.17, 15) is 18.4 Å². The number of nitrogens with one attached hydrogen (secondary N) is 2. The first-order valence-corrected chi connectivity index (χ1v) is 8.52. The summed E-state index contributed by atoms with van der Waals surface area (Å²) in [7, 11) is 0. The van der Waals surface area contributed by atoms with Crippen LogP contribution in [-0.2, 0) is 17.8 Å². The third-order valence-electron chi connectivity index (χ3n) is 4.14. The highest BCUT2D eigenvalue weighted by Gasteiger charge is 2.11. The number of amides is 1. The van der Waals surface area contributed by atoms with Crippen molar-refractivity contribution in [1.82, 2.24) is 14.9 Å². The summed E-state index contributed by atoms with van der Waals surface area (Å²) in [6.07, 6.45) is 0. The maximum absolute atomic E-state index is 13.2. The van der Waals surface area contributed by atoms with Gasteiger partial charge in [-0.05, 0) is 42.8 Å². The van der Waals surface area contributed by atoms with Gasteiger partial charge < -0.3 is 15.0 Å². The number of aromatic amines is 1. The van der Waals surface area contributed by atoms with Crippen LogP contribution >= 0.6 is 0 Å². The fraction of sp³-hybridized carbons (Fsp3) is 0.263. The molecule has 0 radical (unpaired) electrons. The number of nitrogens with zero attached hydrogens (tertiary/aromatic N) is 1. The summed E-state index contributed by atoms with van der Waals surface area (Å²) >= 11 is 0. The second kappa shape index (κ2) is 8.13. The second-order valence-corrected chi connectivity index (χ2v) is 5.94. The van der Waals surface area contributed by atoms with Crippen LogP contribution in [0, 0.1) is 11.6 Å². The van der Waals surface area contributed by atoms with E-state index in [1.165, 1.54) is 6.07 Å². The fourth-order valence-electron chi connectivity index (χ4n) is 2.76. The van der Waals surface area contributed by atoms with Gasteiger partial charge in [0.1, 0.15) is 0 Å². The molecule has 0 atom stereocenters. The molecule has 0 aliphatic carbocycles. The van der Waals surface area contributed by atoms with Crippen molar-refractivity contribution >= 4 is 16.9 Å². The highest BCUT2D eigenvalue weighted by atomic mass is 19.2. The average Bonchev–Trinajstić information content (AvgIpc) is 2.97. The normalized spacial score (nSPS) is 11.1. The summed E-state index contributed by atoms with van der Waals surface area (Å²) < 4.78 is 33.0. The van der Waals surface area contributed by atoms with E-state index in [1.54, 1.807) is 22.8 Å². The van der Waals surface area contributed by atoms with Crippen molar-refractivity contribution in [3.63, 3.8) is 0 Å². The van der Waals surface area contributed by atoms with Crippen LogP contribution in [-0.4, -0.2) is 28.7 Å². The summed E-state index contributed by atoms with van der Waals surface area (Å²) in [5.41, 5.74) is 1.74. The molecular formula is C19H19F2N3O3. The lowest BCUT2D eigenvalue weighted by Gasteiger charge is -2.07. The van der Waals surface area contributed by atoms with Gasteiger partial charge in [0, 0.05) is 18.7 Å². The SMILES string of the molecule is CCOCCn1c(=O)[nH]c2cc(C(=O)NCc3ccc(F)c(F)c3)ccc21. The summed E-state index contributed by atoms with van der Waals surface area (Å²) in [6, 6.07) is 8.32. The Bertz CT molecular complexity index is 1030. The van der Waals surface area contributed by atoms with E-state index in [0.29, 0.717) is 41.9 Å². The van der Waals surface area contributed by atoms with Gasteiger partial charge >= 0.3 is 5.69 Å². The zero-order valence-electron chi connectivity index (χ0n) is 14.7. The summed E-state index contributed by atoms with van der Waals surface area (Å²) in [4.78, 5) is 27.1. The van der Waals surface area contributed by atoms with E-state index < -0.39 is 11.6 Å². The topological polar surface area (TPSA) is 76.1 Å². The number of aromatic nitrogens is 2. The quantitative estimate of drug-likeness (QED) is 0.623. The molecule has 0 unspecified atom stereocenters. The van der Waals surface area contributed by atoms with Crippen LogP contribution in [0.3, 0.4) is 0 Å². The van der Waals surface area contributed by atoms with Crippen molar-refractivity contribution in [3.05, 3.63) is 69.6 Å². The Morgan fingerprint density at radius 2 is 2.00 bits per heavy atom. The maximum Gasteiger partial charge on any atom is 0.326 e. The molecule has 1 aromatic heterocycles. The van der Waals surface area contributed by atoms with Crippen LogP contribution in [0.4, 0.5) is 8.78 Å². The van der Waals surface area contributed by atoms with Gasteiger partial charge in [-0.25, -0.2) is 13.6 Å². The number of hydrogen-bond donors (Lipinski definition) is 2. The molecule has 3 rings (SSSR count). The Morgan fingerprint density at radius 1 is 1.19 bits per heavy atom. The predicted molar refractivity (Wildman–Crippen MR) is 96.6 cm³/mol. The number of H-pyrrole nitrogens is 1. The van der Waals surface area contributed by atoms with E-state index in [0.717, 1.165) is 12.1 Å². The maximum atomic E-state index is 13.2. The molecule has 0 saturated carbocycles. The Kier molecular flexibility index (Phi) is 5.66. The van der Waals surface area contributed by atoms with Gasteiger partial charge in [0.05, 0.1) is 24.2 Å². The lowest BCUT2D eigenvalue weighted by atomic mass is 10.1. The highest BCUT2D eigenvalue weighted by molar-refractivity contribution is 5.97. The fourth-order valence-corrected chi connectivity index (χ4v) is 2.76. The molecule has 0 spiro atoms. The minimum Gasteiger partial charge on any atom is -0.380 e. The zero-order chi connectivity index (χ0) is 19.4. The van der Waals surface area contributed by atoms with Gasteiger partial charge in [-0.15, -0.1) is 0 Å². The number of imidazole rings is 1. The molecule has 0 saturated heterocycles. The molecule has 1 heterocycles. The first kappa shape index (κ1) is 18.8. The minimum atomic E-state index is -0.964. The monoisotopic (exact) mass is 375 g/mol. The van der Waals surface area contributed by atoms with Crippen LogP contribution in [0.25, 0.3) is 11.0 Å². The number of hydrogen-bond acceptors (Lipinski definition) is 3. The Labute approximate surface area is 153 Å². The number of halogens is 2. The molecule has 142 valence electrons. The molecule has 1 amide bonds. The number of ether oxygens (including phenoxy) is 1. The van der Waals surface area contributed by atoms with E-state index >= 15 is 0 Å². The minimum absolute atomic E-state index is 0.0555.